The van der Waals surface area contributed by atoms with E-state index in [9.17, 15) is 4.39 Å². The average Bonchev–Trinajstić information content (AvgIpc) is 2.99. The molecule has 1 aromatic carbocycles. The van der Waals surface area contributed by atoms with E-state index in [-0.39, 0.29) is 17.6 Å². The Balaban J connectivity index is 1.94. The van der Waals surface area contributed by atoms with Gasteiger partial charge in [-0.25, -0.2) is 9.11 Å². The van der Waals surface area contributed by atoms with Gasteiger partial charge in [0.1, 0.15) is 12.1 Å². The van der Waals surface area contributed by atoms with Crippen molar-refractivity contribution in [2.24, 2.45) is 0 Å². The van der Waals surface area contributed by atoms with Crippen LogP contribution in [0.15, 0.2) is 17.0 Å². The molecule has 3 N–H and O–H groups in total. The maximum Gasteiger partial charge on any atom is 0.177 e. The lowest BCUT2D eigenvalue weighted by Gasteiger charge is -2.45. The minimum Gasteiger partial charge on any atom is -0.356 e. The Morgan fingerprint density at radius 1 is 1.53 bits per heavy atom. The van der Waals surface area contributed by atoms with Crippen LogP contribution in [-0.4, -0.2) is 19.0 Å². The van der Waals surface area contributed by atoms with Crippen LogP contribution in [0.1, 0.15) is 25.3 Å². The third kappa shape index (κ3) is 2.49. The normalized spacial score (nSPS) is 34.8. The second-order valence-corrected chi connectivity index (χ2v) is 9.20. The SMILES string of the molecule is [B]S1(S)NC(NC2(C)CC2)Nc2ccc(F)c(C)c21. The van der Waals surface area contributed by atoms with Crippen LogP contribution in [-0.2, 0) is 0 Å². The van der Waals surface area contributed by atoms with Gasteiger partial charge in [-0.2, -0.15) is 9.10 Å². The van der Waals surface area contributed by atoms with Gasteiger partial charge in [-0.15, -0.1) is 11.7 Å². The number of hydrogen-bond donors (Lipinski definition) is 4. The van der Waals surface area contributed by atoms with Crippen LogP contribution in [0.2, 0.25) is 0 Å². The summed E-state index contributed by atoms with van der Waals surface area (Å²) in [5, 5.41) is 6.80. The predicted octanol–water partition coefficient (Wildman–Crippen LogP) is 2.58. The Morgan fingerprint density at radius 3 is 2.84 bits per heavy atom. The Labute approximate surface area is 120 Å². The molecule has 0 spiro atoms. The maximum absolute atomic E-state index is 13.7. The van der Waals surface area contributed by atoms with Crippen molar-refractivity contribution in [1.29, 1.82) is 0 Å². The summed E-state index contributed by atoms with van der Waals surface area (Å²) >= 11 is 4.55. The molecule has 0 aromatic heterocycles. The predicted molar refractivity (Wildman–Crippen MR) is 83.1 cm³/mol. The molecule has 1 fully saturated rings. The molecule has 3 rings (SSSR count). The zero-order valence-electron chi connectivity index (χ0n) is 11.0. The van der Waals surface area contributed by atoms with Crippen molar-refractivity contribution in [3.05, 3.63) is 23.5 Å². The van der Waals surface area contributed by atoms with E-state index in [0.717, 1.165) is 23.4 Å². The third-order valence-electron chi connectivity index (χ3n) is 3.74. The maximum atomic E-state index is 13.7. The zero-order valence-corrected chi connectivity index (χ0v) is 12.7. The van der Waals surface area contributed by atoms with E-state index in [4.69, 9.17) is 7.12 Å². The first-order chi connectivity index (χ1) is 8.81. The highest BCUT2D eigenvalue weighted by Crippen LogP contribution is 2.59. The van der Waals surface area contributed by atoms with Gasteiger partial charge in [0.05, 0.1) is 0 Å². The summed E-state index contributed by atoms with van der Waals surface area (Å²) in [5.41, 5.74) is 1.58. The molecule has 1 aliphatic carbocycles. The summed E-state index contributed by atoms with van der Waals surface area (Å²) in [6.07, 6.45) is 2.17. The monoisotopic (exact) mass is 297 g/mol. The summed E-state index contributed by atoms with van der Waals surface area (Å²) in [6.45, 7) is 3.91. The minimum atomic E-state index is -2.01. The number of anilines is 1. The minimum absolute atomic E-state index is 0.137. The lowest BCUT2D eigenvalue weighted by atomic mass is 10.2. The number of nitrogens with one attached hydrogen (secondary N) is 3. The molecule has 7 heteroatoms. The quantitative estimate of drug-likeness (QED) is 0.385. The van der Waals surface area contributed by atoms with E-state index in [1.165, 1.54) is 6.07 Å². The molecule has 0 bridgehead atoms. The molecule has 2 radical (unpaired) electrons. The number of benzene rings is 1. The topological polar surface area (TPSA) is 36.1 Å². The lowest BCUT2D eigenvalue weighted by molar-refractivity contribution is 0.449. The van der Waals surface area contributed by atoms with Crippen LogP contribution in [0.25, 0.3) is 0 Å². The molecule has 2 unspecified atom stereocenters. The Morgan fingerprint density at radius 2 is 2.21 bits per heavy atom. The highest BCUT2D eigenvalue weighted by molar-refractivity contribution is 8.96. The van der Waals surface area contributed by atoms with Crippen molar-refractivity contribution in [2.45, 2.75) is 43.4 Å². The summed E-state index contributed by atoms with van der Waals surface area (Å²) in [4.78, 5) is 0.745. The molecule has 19 heavy (non-hydrogen) atoms. The second kappa shape index (κ2) is 4.31. The molecule has 1 aliphatic heterocycles. The molecule has 2 aliphatic rings. The van der Waals surface area contributed by atoms with Gasteiger partial charge in [-0.05, 0) is 44.4 Å². The van der Waals surface area contributed by atoms with Crippen molar-refractivity contribution in [3.8, 4) is 0 Å². The van der Waals surface area contributed by atoms with Crippen molar-refractivity contribution >= 4 is 33.6 Å². The van der Waals surface area contributed by atoms with Gasteiger partial charge < -0.3 is 5.32 Å². The van der Waals surface area contributed by atoms with E-state index in [2.05, 4.69) is 33.9 Å². The van der Waals surface area contributed by atoms with Crippen LogP contribution < -0.4 is 15.4 Å². The fraction of sp³-hybridized carbons (Fsp3) is 0.500. The van der Waals surface area contributed by atoms with Crippen LogP contribution in [0.4, 0.5) is 10.1 Å². The summed E-state index contributed by atoms with van der Waals surface area (Å²) < 4.78 is 16.9. The number of fused-ring (bicyclic) bond motifs is 1. The van der Waals surface area contributed by atoms with Gasteiger partial charge in [0.15, 0.2) is 7.12 Å². The molecule has 1 heterocycles. The number of thiol groups is 1. The van der Waals surface area contributed by atoms with Gasteiger partial charge in [0.25, 0.3) is 0 Å². The molecule has 102 valence electrons. The highest BCUT2D eigenvalue weighted by Gasteiger charge is 2.41. The summed E-state index contributed by atoms with van der Waals surface area (Å²) in [7, 11) is 4.27. The van der Waals surface area contributed by atoms with E-state index in [1.54, 1.807) is 13.0 Å². The smallest absolute Gasteiger partial charge is 0.177 e. The van der Waals surface area contributed by atoms with Crippen LogP contribution >= 0.6 is 20.8 Å². The van der Waals surface area contributed by atoms with Gasteiger partial charge in [0, 0.05) is 16.1 Å². The average molecular weight is 297 g/mol. The molecule has 3 nitrogen and oxygen atoms in total. The molecular weight excluding hydrogens is 280 g/mol. The van der Waals surface area contributed by atoms with E-state index >= 15 is 0 Å². The molecular formula is C12H17BFN3S2. The molecule has 0 saturated heterocycles. The largest absolute Gasteiger partial charge is 0.356 e. The number of rotatable bonds is 2. The van der Waals surface area contributed by atoms with Crippen LogP contribution in [0.3, 0.4) is 0 Å². The standard InChI is InChI=1S/C12H17BFN3S2/c1-7-8(14)3-4-9-10(7)19(13,18)17-11(15-9)16-12(2)5-6-12/h3-4,11,15-18H,5-6H2,1-2H3. The zero-order chi connectivity index (χ0) is 13.8. The van der Waals surface area contributed by atoms with Crippen LogP contribution in [0.5, 0.6) is 0 Å². The first kappa shape index (κ1) is 13.6. The van der Waals surface area contributed by atoms with E-state index < -0.39 is 9.10 Å². The van der Waals surface area contributed by atoms with Crippen molar-refractivity contribution < 1.29 is 4.39 Å². The highest BCUT2D eigenvalue weighted by atomic mass is 33.1. The Hall–Kier alpha value is -0.365. The molecule has 1 aromatic rings. The molecule has 0 amide bonds. The van der Waals surface area contributed by atoms with Crippen molar-refractivity contribution in [3.63, 3.8) is 0 Å². The fourth-order valence-electron chi connectivity index (χ4n) is 2.35. The van der Waals surface area contributed by atoms with Gasteiger partial charge in [-0.3, -0.25) is 5.32 Å². The van der Waals surface area contributed by atoms with Crippen molar-refractivity contribution in [2.75, 3.05) is 5.32 Å². The Bertz CT molecular complexity index is 534. The molecule has 1 saturated carbocycles. The Kier molecular flexibility index (Phi) is 3.09. The van der Waals surface area contributed by atoms with Crippen molar-refractivity contribution in [1.82, 2.24) is 10.0 Å². The van der Waals surface area contributed by atoms with Gasteiger partial charge in [-0.1, -0.05) is 0 Å². The third-order valence-corrected chi connectivity index (χ3v) is 6.35. The number of halogens is 1. The molecule has 2 atom stereocenters. The van der Waals surface area contributed by atoms with Gasteiger partial charge in [0.2, 0.25) is 0 Å². The summed E-state index contributed by atoms with van der Waals surface area (Å²) in [5.74, 6) is -0.251. The first-order valence-corrected chi connectivity index (χ1v) is 9.00. The summed E-state index contributed by atoms with van der Waals surface area (Å²) in [6, 6.07) is 3.19. The lowest BCUT2D eigenvalue weighted by Crippen LogP contribution is -2.54. The second-order valence-electron chi connectivity index (χ2n) is 5.58. The first-order valence-electron chi connectivity index (χ1n) is 6.25. The van der Waals surface area contributed by atoms with E-state index in [0.29, 0.717) is 5.56 Å². The van der Waals surface area contributed by atoms with E-state index in [1.807, 2.05) is 0 Å². The fourth-order valence-corrected chi connectivity index (χ4v) is 5.00. The van der Waals surface area contributed by atoms with Crippen LogP contribution in [0, 0.1) is 12.7 Å². The van der Waals surface area contributed by atoms with Gasteiger partial charge >= 0.3 is 0 Å². The number of hydrogen-bond acceptors (Lipinski definition) is 4.